The second-order valence-corrected chi connectivity index (χ2v) is 4.41. The van der Waals surface area contributed by atoms with E-state index >= 15 is 0 Å². The van der Waals surface area contributed by atoms with Gasteiger partial charge in [-0.15, -0.1) is 0 Å². The van der Waals surface area contributed by atoms with Crippen molar-refractivity contribution in [3.63, 3.8) is 0 Å². The molecule has 1 rings (SSSR count). The number of nitro benzene ring substituents is 1. The Morgan fingerprint density at radius 3 is 2.67 bits per heavy atom. The van der Waals surface area contributed by atoms with E-state index in [1.165, 1.54) is 12.1 Å². The minimum Gasteiger partial charge on any atom is -0.379 e. The molecular formula is C13H17F3N2O3. The number of nitro groups is 1. The molecule has 0 radical (unpaired) electrons. The van der Waals surface area contributed by atoms with Crippen LogP contribution < -0.4 is 5.32 Å². The summed E-state index contributed by atoms with van der Waals surface area (Å²) in [5.74, 6) is 0. The van der Waals surface area contributed by atoms with Crippen LogP contribution in [0.15, 0.2) is 18.2 Å². The lowest BCUT2D eigenvalue weighted by Gasteiger charge is -2.12. The summed E-state index contributed by atoms with van der Waals surface area (Å²) in [5, 5.41) is 13.9. The van der Waals surface area contributed by atoms with E-state index in [1.54, 1.807) is 6.07 Å². The number of para-hydroxylation sites is 1. The van der Waals surface area contributed by atoms with Crippen LogP contribution in [-0.2, 0) is 11.3 Å². The lowest BCUT2D eigenvalue weighted by atomic mass is 10.1. The van der Waals surface area contributed by atoms with Gasteiger partial charge >= 0.3 is 6.18 Å². The Kier molecular flexibility index (Phi) is 6.41. The second kappa shape index (κ2) is 7.82. The lowest BCUT2D eigenvalue weighted by Crippen LogP contribution is -2.12. The number of rotatable bonds is 8. The number of alkyl halides is 3. The van der Waals surface area contributed by atoms with Gasteiger partial charge in [-0.1, -0.05) is 19.1 Å². The molecule has 5 nitrogen and oxygen atoms in total. The Morgan fingerprint density at radius 1 is 1.38 bits per heavy atom. The quantitative estimate of drug-likeness (QED) is 0.449. The molecule has 0 aliphatic rings. The van der Waals surface area contributed by atoms with Crippen molar-refractivity contribution in [2.75, 3.05) is 18.5 Å². The van der Waals surface area contributed by atoms with Gasteiger partial charge in [0.1, 0.15) is 5.69 Å². The number of ether oxygens (including phenoxy) is 1. The molecule has 0 saturated carbocycles. The lowest BCUT2D eigenvalue weighted by molar-refractivity contribution is -0.384. The van der Waals surface area contributed by atoms with Gasteiger partial charge in [0.15, 0.2) is 0 Å². The van der Waals surface area contributed by atoms with Gasteiger partial charge in [0.2, 0.25) is 0 Å². The van der Waals surface area contributed by atoms with Crippen molar-refractivity contribution in [1.29, 1.82) is 0 Å². The Bertz CT molecular complexity index is 478. The molecule has 21 heavy (non-hydrogen) atoms. The third-order valence-electron chi connectivity index (χ3n) is 2.66. The summed E-state index contributed by atoms with van der Waals surface area (Å²) >= 11 is 0. The summed E-state index contributed by atoms with van der Waals surface area (Å²) in [6, 6.07) is 4.42. The molecule has 0 aliphatic heterocycles. The summed E-state index contributed by atoms with van der Waals surface area (Å²) in [4.78, 5) is 10.4. The second-order valence-electron chi connectivity index (χ2n) is 4.41. The summed E-state index contributed by atoms with van der Waals surface area (Å²) in [5.41, 5.74) is 0.663. The maximum absolute atomic E-state index is 12.0. The number of anilines is 1. The van der Waals surface area contributed by atoms with Gasteiger partial charge in [-0.25, -0.2) is 0 Å². The molecule has 118 valence electrons. The first-order valence-electron chi connectivity index (χ1n) is 6.49. The van der Waals surface area contributed by atoms with E-state index in [0.29, 0.717) is 17.8 Å². The molecule has 0 unspecified atom stereocenters. The van der Waals surface area contributed by atoms with Crippen molar-refractivity contribution in [3.8, 4) is 0 Å². The molecule has 0 saturated heterocycles. The van der Waals surface area contributed by atoms with Crippen LogP contribution in [0.25, 0.3) is 0 Å². The maximum Gasteiger partial charge on any atom is 0.391 e. The van der Waals surface area contributed by atoms with Crippen LogP contribution in [-0.4, -0.2) is 24.3 Å². The largest absolute Gasteiger partial charge is 0.391 e. The van der Waals surface area contributed by atoms with Crippen LogP contribution in [0.1, 0.15) is 25.3 Å². The van der Waals surface area contributed by atoms with Crippen molar-refractivity contribution in [1.82, 2.24) is 0 Å². The van der Waals surface area contributed by atoms with E-state index in [-0.39, 0.29) is 12.3 Å². The number of nitrogens with zero attached hydrogens (tertiary/aromatic N) is 1. The molecule has 1 N–H and O–H groups in total. The molecule has 0 aromatic heterocycles. The van der Waals surface area contributed by atoms with Gasteiger partial charge < -0.3 is 10.1 Å². The van der Waals surface area contributed by atoms with Crippen molar-refractivity contribution < 1.29 is 22.8 Å². The third kappa shape index (κ3) is 5.99. The van der Waals surface area contributed by atoms with Gasteiger partial charge in [0.25, 0.3) is 5.69 Å². The fraction of sp³-hybridized carbons (Fsp3) is 0.538. The summed E-state index contributed by atoms with van der Waals surface area (Å²) in [6.45, 7) is 1.85. The van der Waals surface area contributed by atoms with Crippen LogP contribution in [0.3, 0.4) is 0 Å². The summed E-state index contributed by atoms with van der Waals surface area (Å²) in [7, 11) is 0. The molecule has 1 aromatic rings. The molecule has 0 atom stereocenters. The Labute approximate surface area is 120 Å². The highest BCUT2D eigenvalue weighted by Gasteiger charge is 2.26. The van der Waals surface area contributed by atoms with Gasteiger partial charge in [0, 0.05) is 18.2 Å². The SMILES string of the molecule is CCCNc1c(COCCC(F)(F)F)cccc1[N+](=O)[O-]. The maximum atomic E-state index is 12.0. The minimum atomic E-state index is -4.27. The van der Waals surface area contributed by atoms with Crippen LogP contribution in [0, 0.1) is 10.1 Å². The molecule has 0 aliphatic carbocycles. The van der Waals surface area contributed by atoms with Gasteiger partial charge in [-0.2, -0.15) is 13.2 Å². The van der Waals surface area contributed by atoms with Crippen molar-refractivity contribution >= 4 is 11.4 Å². The Balaban J connectivity index is 2.75. The minimum absolute atomic E-state index is 0.107. The Morgan fingerprint density at radius 2 is 2.10 bits per heavy atom. The first kappa shape index (κ1) is 17.2. The Hall–Kier alpha value is -1.83. The molecular weight excluding hydrogens is 289 g/mol. The normalized spacial score (nSPS) is 11.4. The van der Waals surface area contributed by atoms with Crippen LogP contribution in [0.5, 0.6) is 0 Å². The zero-order chi connectivity index (χ0) is 15.9. The van der Waals surface area contributed by atoms with Gasteiger partial charge in [-0.05, 0) is 6.42 Å². The van der Waals surface area contributed by atoms with Crippen LogP contribution in [0.2, 0.25) is 0 Å². The highest BCUT2D eigenvalue weighted by Crippen LogP contribution is 2.29. The van der Waals surface area contributed by atoms with E-state index in [1.807, 2.05) is 6.92 Å². The van der Waals surface area contributed by atoms with Crippen molar-refractivity contribution in [2.24, 2.45) is 0 Å². The van der Waals surface area contributed by atoms with Crippen LogP contribution in [0.4, 0.5) is 24.5 Å². The van der Waals surface area contributed by atoms with E-state index in [4.69, 9.17) is 4.74 Å². The molecule has 1 aromatic carbocycles. The van der Waals surface area contributed by atoms with E-state index in [0.717, 1.165) is 6.42 Å². The summed E-state index contributed by atoms with van der Waals surface area (Å²) < 4.78 is 41.0. The predicted octanol–water partition coefficient (Wildman–Crippen LogP) is 3.89. The van der Waals surface area contributed by atoms with E-state index < -0.39 is 24.1 Å². The number of hydrogen-bond acceptors (Lipinski definition) is 4. The highest BCUT2D eigenvalue weighted by atomic mass is 19.4. The topological polar surface area (TPSA) is 64.4 Å². The average Bonchev–Trinajstić information content (AvgIpc) is 2.40. The summed E-state index contributed by atoms with van der Waals surface area (Å²) in [6.07, 6.45) is -4.55. The van der Waals surface area contributed by atoms with E-state index in [2.05, 4.69) is 5.32 Å². The van der Waals surface area contributed by atoms with Crippen LogP contribution >= 0.6 is 0 Å². The molecule has 0 bridgehead atoms. The highest BCUT2D eigenvalue weighted by molar-refractivity contribution is 5.66. The fourth-order valence-corrected chi connectivity index (χ4v) is 1.68. The number of nitrogens with one attached hydrogen (secondary N) is 1. The first-order chi connectivity index (χ1) is 9.85. The zero-order valence-corrected chi connectivity index (χ0v) is 11.6. The third-order valence-corrected chi connectivity index (χ3v) is 2.66. The van der Waals surface area contributed by atoms with Gasteiger partial charge in [-0.3, -0.25) is 10.1 Å². The number of benzene rings is 1. The van der Waals surface area contributed by atoms with Crippen molar-refractivity contribution in [2.45, 2.75) is 32.5 Å². The first-order valence-corrected chi connectivity index (χ1v) is 6.49. The zero-order valence-electron chi connectivity index (χ0n) is 11.6. The van der Waals surface area contributed by atoms with E-state index in [9.17, 15) is 23.3 Å². The predicted molar refractivity (Wildman–Crippen MR) is 72.2 cm³/mol. The average molecular weight is 306 g/mol. The molecule has 8 heteroatoms. The smallest absolute Gasteiger partial charge is 0.379 e. The van der Waals surface area contributed by atoms with Crippen molar-refractivity contribution in [3.05, 3.63) is 33.9 Å². The van der Waals surface area contributed by atoms with Gasteiger partial charge in [0.05, 0.1) is 24.6 Å². The standard InChI is InChI=1S/C13H17F3N2O3/c1-2-7-17-12-10(4-3-5-11(12)18(19)20)9-21-8-6-13(14,15)16/h3-5,17H,2,6-9H2,1H3. The molecule has 0 amide bonds. The monoisotopic (exact) mass is 306 g/mol. The number of hydrogen-bond donors (Lipinski definition) is 1. The number of halogens is 3. The fourth-order valence-electron chi connectivity index (χ4n) is 1.68. The molecule has 0 heterocycles. The molecule has 0 spiro atoms. The molecule has 0 fully saturated rings.